The fourth-order valence-corrected chi connectivity index (χ4v) is 4.33. The number of carbonyl (C=O) groups excluding carboxylic acids is 1. The quantitative estimate of drug-likeness (QED) is 0.767. The van der Waals surface area contributed by atoms with Crippen molar-refractivity contribution in [2.45, 2.75) is 12.8 Å². The number of carbonyl (C=O) groups is 1. The lowest BCUT2D eigenvalue weighted by Gasteiger charge is -2.26. The second kappa shape index (κ2) is 9.81. The lowest BCUT2D eigenvalue weighted by atomic mass is 9.99. The molecular weight excluding hydrogens is 374 g/mol. The van der Waals surface area contributed by atoms with Gasteiger partial charge in [-0.1, -0.05) is 36.4 Å². The molecule has 4 rings (SSSR count). The lowest BCUT2D eigenvalue weighted by Crippen LogP contribution is -2.41. The van der Waals surface area contributed by atoms with Crippen molar-refractivity contribution in [2.75, 3.05) is 51.3 Å². The monoisotopic (exact) mass is 405 g/mol. The summed E-state index contributed by atoms with van der Waals surface area (Å²) in [6.45, 7) is 5.03. The molecule has 0 saturated carbocycles. The zero-order valence-corrected chi connectivity index (χ0v) is 17.7. The number of hydrogen-bond acceptors (Lipinski definition) is 4. The summed E-state index contributed by atoms with van der Waals surface area (Å²) in [5, 5.41) is 3.16. The van der Waals surface area contributed by atoms with Crippen LogP contribution in [-0.4, -0.2) is 57.2 Å². The highest BCUT2D eigenvalue weighted by molar-refractivity contribution is 5.78. The topological polar surface area (TPSA) is 44.8 Å². The fourth-order valence-electron chi connectivity index (χ4n) is 4.33. The molecule has 0 aromatic heterocycles. The summed E-state index contributed by atoms with van der Waals surface area (Å²) < 4.78 is 5.33. The van der Waals surface area contributed by atoms with Crippen molar-refractivity contribution in [3.63, 3.8) is 0 Å². The van der Waals surface area contributed by atoms with Gasteiger partial charge in [0.2, 0.25) is 5.91 Å². The summed E-state index contributed by atoms with van der Waals surface area (Å²) in [5.74, 6) is 1.54. The Morgan fingerprint density at radius 1 is 1.13 bits per heavy atom. The Morgan fingerprint density at radius 3 is 2.77 bits per heavy atom. The van der Waals surface area contributed by atoms with Crippen molar-refractivity contribution >= 4 is 17.2 Å². The number of methoxy groups -OCH3 is 1. The van der Waals surface area contributed by atoms with Gasteiger partial charge in [-0.15, -0.1) is 0 Å². The third kappa shape index (κ3) is 5.22. The van der Waals surface area contributed by atoms with E-state index in [9.17, 15) is 4.79 Å². The zero-order valence-electron chi connectivity index (χ0n) is 17.7. The number of rotatable bonds is 7. The van der Waals surface area contributed by atoms with Crippen LogP contribution in [0.4, 0.5) is 5.69 Å². The van der Waals surface area contributed by atoms with Crippen molar-refractivity contribution in [1.82, 2.24) is 10.2 Å². The van der Waals surface area contributed by atoms with E-state index in [1.807, 2.05) is 18.2 Å². The van der Waals surface area contributed by atoms with Crippen molar-refractivity contribution in [3.8, 4) is 5.75 Å². The number of nitrogens with zero attached hydrogens (tertiary/aromatic N) is 2. The number of amides is 1. The number of nitrogens with one attached hydrogen (secondary N) is 1. The molecule has 0 bridgehead atoms. The first-order valence-electron chi connectivity index (χ1n) is 10.8. The molecule has 30 heavy (non-hydrogen) atoms. The molecule has 1 atom stereocenters. The van der Waals surface area contributed by atoms with Gasteiger partial charge in [0.25, 0.3) is 0 Å². The number of benzene rings is 2. The molecule has 2 aromatic rings. The molecule has 1 N–H and O–H groups in total. The second-order valence-corrected chi connectivity index (χ2v) is 8.19. The van der Waals surface area contributed by atoms with E-state index in [0.29, 0.717) is 12.5 Å². The summed E-state index contributed by atoms with van der Waals surface area (Å²) in [5.41, 5.74) is 3.82. The maximum atomic E-state index is 12.5. The zero-order chi connectivity index (χ0) is 20.8. The number of hydrogen-bond donors (Lipinski definition) is 1. The molecule has 0 spiro atoms. The Morgan fingerprint density at radius 2 is 2.00 bits per heavy atom. The molecule has 0 aliphatic carbocycles. The van der Waals surface area contributed by atoms with Gasteiger partial charge in [-0.05, 0) is 54.2 Å². The molecule has 0 radical (unpaired) electrons. The Labute approximate surface area is 179 Å². The highest BCUT2D eigenvalue weighted by Crippen LogP contribution is 2.25. The van der Waals surface area contributed by atoms with Gasteiger partial charge in [-0.3, -0.25) is 9.69 Å². The van der Waals surface area contributed by atoms with Gasteiger partial charge in [0.1, 0.15) is 5.75 Å². The minimum absolute atomic E-state index is 0.131. The molecule has 1 saturated heterocycles. The van der Waals surface area contributed by atoms with Crippen LogP contribution in [0.1, 0.15) is 18.4 Å². The smallest absolute Gasteiger partial charge is 0.234 e. The van der Waals surface area contributed by atoms with E-state index >= 15 is 0 Å². The van der Waals surface area contributed by atoms with Gasteiger partial charge in [0.15, 0.2) is 0 Å². The number of ether oxygens (including phenoxy) is 1. The lowest BCUT2D eigenvalue weighted by molar-refractivity contribution is -0.122. The van der Waals surface area contributed by atoms with Crippen LogP contribution < -0.4 is 15.0 Å². The molecule has 2 aliphatic rings. The largest absolute Gasteiger partial charge is 0.497 e. The SMILES string of the molecule is COc1cccc(C2=CCN(CC(=O)NC[C@H]3CCN(c4ccccc4)C3)CC2)c1. The van der Waals surface area contributed by atoms with Crippen molar-refractivity contribution in [2.24, 2.45) is 5.92 Å². The van der Waals surface area contributed by atoms with Crippen LogP contribution in [0.2, 0.25) is 0 Å². The van der Waals surface area contributed by atoms with Gasteiger partial charge in [-0.25, -0.2) is 0 Å². The number of anilines is 1. The summed E-state index contributed by atoms with van der Waals surface area (Å²) >= 11 is 0. The minimum atomic E-state index is 0.131. The van der Waals surface area contributed by atoms with Gasteiger partial charge in [0, 0.05) is 38.4 Å². The second-order valence-electron chi connectivity index (χ2n) is 8.19. The molecule has 2 aromatic carbocycles. The summed E-state index contributed by atoms with van der Waals surface area (Å²) in [4.78, 5) is 17.1. The van der Waals surface area contributed by atoms with Gasteiger partial charge in [-0.2, -0.15) is 0 Å². The van der Waals surface area contributed by atoms with E-state index in [-0.39, 0.29) is 5.91 Å². The van der Waals surface area contributed by atoms with Gasteiger partial charge < -0.3 is 15.0 Å². The maximum absolute atomic E-state index is 12.5. The number of para-hydroxylation sites is 1. The Balaban J connectivity index is 1.20. The van der Waals surface area contributed by atoms with Crippen LogP contribution in [0.3, 0.4) is 0 Å². The predicted octanol–water partition coefficient (Wildman–Crippen LogP) is 3.43. The van der Waals surface area contributed by atoms with Crippen molar-refractivity contribution in [3.05, 3.63) is 66.2 Å². The van der Waals surface area contributed by atoms with Gasteiger partial charge in [0.05, 0.1) is 13.7 Å². The van der Waals surface area contributed by atoms with Crippen LogP contribution in [0.25, 0.3) is 5.57 Å². The third-order valence-electron chi connectivity index (χ3n) is 6.10. The van der Waals surface area contributed by atoms with E-state index in [1.54, 1.807) is 7.11 Å². The summed E-state index contributed by atoms with van der Waals surface area (Å²) in [6, 6.07) is 18.7. The van der Waals surface area contributed by atoms with Crippen LogP contribution in [0.15, 0.2) is 60.7 Å². The van der Waals surface area contributed by atoms with E-state index in [2.05, 4.69) is 57.6 Å². The van der Waals surface area contributed by atoms with Crippen LogP contribution in [0.5, 0.6) is 5.75 Å². The van der Waals surface area contributed by atoms with Gasteiger partial charge >= 0.3 is 0 Å². The first kappa shape index (κ1) is 20.5. The van der Waals surface area contributed by atoms with Crippen LogP contribution in [0, 0.1) is 5.92 Å². The third-order valence-corrected chi connectivity index (χ3v) is 6.10. The summed E-state index contributed by atoms with van der Waals surface area (Å²) in [6.07, 6.45) is 4.32. The molecule has 5 heteroatoms. The predicted molar refractivity (Wildman–Crippen MR) is 122 cm³/mol. The van der Waals surface area contributed by atoms with Crippen LogP contribution in [-0.2, 0) is 4.79 Å². The molecule has 2 heterocycles. The molecule has 2 aliphatic heterocycles. The Hall–Kier alpha value is -2.79. The first-order valence-corrected chi connectivity index (χ1v) is 10.8. The summed E-state index contributed by atoms with van der Waals surface area (Å²) in [7, 11) is 1.69. The standard InChI is InChI=1S/C25H31N3O2/c1-30-24-9-5-6-22(16-24)21-11-13-27(14-12-21)19-25(29)26-17-20-10-15-28(18-20)23-7-3-2-4-8-23/h2-9,11,16,20H,10,12-15,17-19H2,1H3,(H,26,29)/t20-/m1/s1. The first-order chi connectivity index (χ1) is 14.7. The Kier molecular flexibility index (Phi) is 6.70. The molecule has 1 fully saturated rings. The highest BCUT2D eigenvalue weighted by Gasteiger charge is 2.23. The van der Waals surface area contributed by atoms with E-state index in [0.717, 1.165) is 51.3 Å². The minimum Gasteiger partial charge on any atom is -0.497 e. The molecule has 158 valence electrons. The van der Waals surface area contributed by atoms with Crippen molar-refractivity contribution < 1.29 is 9.53 Å². The average Bonchev–Trinajstić information content (AvgIpc) is 3.28. The maximum Gasteiger partial charge on any atom is 0.234 e. The van der Waals surface area contributed by atoms with E-state index in [4.69, 9.17) is 4.74 Å². The Bertz CT molecular complexity index is 881. The van der Waals surface area contributed by atoms with Crippen LogP contribution >= 0.6 is 0 Å². The van der Waals surface area contributed by atoms with E-state index < -0.39 is 0 Å². The van der Waals surface area contributed by atoms with Crippen molar-refractivity contribution in [1.29, 1.82) is 0 Å². The molecular formula is C25H31N3O2. The van der Waals surface area contributed by atoms with E-state index in [1.165, 1.54) is 16.8 Å². The highest BCUT2D eigenvalue weighted by atomic mass is 16.5. The normalized spacial score (nSPS) is 19.4. The molecule has 1 amide bonds. The molecule has 0 unspecified atom stereocenters. The average molecular weight is 406 g/mol. The fraction of sp³-hybridized carbons (Fsp3) is 0.400. The molecule has 5 nitrogen and oxygen atoms in total.